The number of phenols is 1. The summed E-state index contributed by atoms with van der Waals surface area (Å²) in [5, 5.41) is 53.0. The standard InChI is InChI=1S/C50H54FN3O10/c1-49-16-14-36-35-11-6-32(51)25-30(35)4-9-37(36)42(49)15-17-50(49,60)46-29-54(53-52-46)18-20-62-22-24-63-23-21-61-19-2-3-43(57)31-5-10-38(41(26-31)48(58)59)47-39-12-7-33(55)27-44(39)64-45-28-34(56)8-13-40(45)47/h5-8,10-13,25-29,36-37,42-43,55,57,60H,2-4,9,14-24H2,1H3,(H,58,59)/t36?,37?,42?,43?,49-,50?/m0/s1. The Kier molecular flexibility index (Phi) is 12.4. The molecule has 4 N–H and O–H groups in total. The van der Waals surface area contributed by atoms with Crippen LogP contribution in [0.15, 0.2) is 88.2 Å². The average Bonchev–Trinajstić information content (AvgIpc) is 3.87. The molecule has 2 heterocycles. The number of benzene rings is 4. The van der Waals surface area contributed by atoms with Crippen LogP contribution in [0, 0.1) is 23.1 Å². The number of fused-ring (bicyclic) bond motifs is 7. The molecule has 13 nitrogen and oxygen atoms in total. The van der Waals surface area contributed by atoms with Crippen molar-refractivity contribution in [3.63, 3.8) is 0 Å². The normalized spacial score (nSPS) is 23.2. The van der Waals surface area contributed by atoms with Crippen molar-refractivity contribution >= 4 is 16.9 Å². The smallest absolute Gasteiger partial charge is 0.336 e. The molecular formula is C50H54FN3O10. The molecule has 2 fully saturated rings. The number of aryl methyl sites for hydroxylation is 1. The lowest BCUT2D eigenvalue weighted by molar-refractivity contribution is -0.111. The topological polar surface area (TPSA) is 187 Å². The quantitative estimate of drug-likeness (QED) is 0.0512. The third kappa shape index (κ3) is 8.33. The fourth-order valence-corrected chi connectivity index (χ4v) is 11.1. The second-order valence-electron chi connectivity index (χ2n) is 17.9. The Morgan fingerprint density at radius 3 is 2.52 bits per heavy atom. The van der Waals surface area contributed by atoms with E-state index in [2.05, 4.69) is 17.2 Å². The van der Waals surface area contributed by atoms with E-state index in [1.54, 1.807) is 41.1 Å². The molecule has 4 aromatic rings. The van der Waals surface area contributed by atoms with Gasteiger partial charge in [-0.3, -0.25) is 4.79 Å². The zero-order chi connectivity index (χ0) is 44.6. The molecule has 14 heteroatoms. The molecule has 1 aromatic heterocycles. The van der Waals surface area contributed by atoms with Gasteiger partial charge in [-0.05, 0) is 134 Å². The summed E-state index contributed by atoms with van der Waals surface area (Å²) in [4.78, 5) is 24.7. The first kappa shape index (κ1) is 43.7. The number of nitrogens with zero attached hydrogens (tertiary/aromatic N) is 3. The van der Waals surface area contributed by atoms with E-state index in [9.17, 15) is 34.4 Å². The van der Waals surface area contributed by atoms with Crippen LogP contribution in [-0.4, -0.2) is 81.0 Å². The van der Waals surface area contributed by atoms with Crippen LogP contribution in [0.1, 0.15) is 96.6 Å². The molecule has 0 radical (unpaired) electrons. The minimum Gasteiger partial charge on any atom is -0.508 e. The maximum Gasteiger partial charge on any atom is 0.336 e. The van der Waals surface area contributed by atoms with Gasteiger partial charge in [0, 0.05) is 40.7 Å². The first-order valence-electron chi connectivity index (χ1n) is 22.3. The van der Waals surface area contributed by atoms with Gasteiger partial charge in [0.15, 0.2) is 5.43 Å². The number of halogens is 1. The van der Waals surface area contributed by atoms with E-state index in [1.165, 1.54) is 35.9 Å². The summed E-state index contributed by atoms with van der Waals surface area (Å²) < 4.78 is 38.8. The highest BCUT2D eigenvalue weighted by Crippen LogP contribution is 2.66. The van der Waals surface area contributed by atoms with E-state index < -0.39 is 17.7 Å². The number of carboxylic acids is 1. The largest absolute Gasteiger partial charge is 0.508 e. The number of aliphatic hydroxyl groups is 2. The summed E-state index contributed by atoms with van der Waals surface area (Å²) in [6, 6.07) is 18.9. The average molecular weight is 876 g/mol. The number of phenolic OH excluding ortho intramolecular Hbond substituents is 1. The van der Waals surface area contributed by atoms with Crippen molar-refractivity contribution < 1.29 is 48.2 Å². The van der Waals surface area contributed by atoms with Crippen molar-refractivity contribution in [1.82, 2.24) is 15.0 Å². The molecule has 4 aliphatic carbocycles. The Hall–Kier alpha value is -5.51. The predicted octanol–water partition coefficient (Wildman–Crippen LogP) is 8.01. The van der Waals surface area contributed by atoms with Gasteiger partial charge in [-0.25, -0.2) is 13.9 Å². The number of aromatic carboxylic acids is 1. The number of hydrogen-bond donors (Lipinski definition) is 4. The number of carboxylic acid groups (broad SMARTS) is 1. The Labute approximate surface area is 369 Å². The Bertz CT molecular complexity index is 2680. The first-order valence-corrected chi connectivity index (χ1v) is 22.3. The lowest BCUT2D eigenvalue weighted by Gasteiger charge is -2.52. The van der Waals surface area contributed by atoms with Crippen LogP contribution in [0.25, 0.3) is 33.4 Å². The fourth-order valence-electron chi connectivity index (χ4n) is 11.1. The molecule has 0 bridgehead atoms. The van der Waals surface area contributed by atoms with Gasteiger partial charge >= 0.3 is 5.97 Å². The molecule has 3 aromatic carbocycles. The van der Waals surface area contributed by atoms with Crippen LogP contribution < -0.4 is 5.43 Å². The van der Waals surface area contributed by atoms with Crippen molar-refractivity contribution in [2.45, 2.75) is 82.5 Å². The van der Waals surface area contributed by atoms with Crippen LogP contribution in [0.2, 0.25) is 0 Å². The van der Waals surface area contributed by atoms with Crippen molar-refractivity contribution in [3.8, 4) is 28.2 Å². The second-order valence-corrected chi connectivity index (χ2v) is 17.9. The molecule has 0 saturated heterocycles. The molecule has 5 unspecified atom stereocenters. The van der Waals surface area contributed by atoms with E-state index in [4.69, 9.17) is 18.6 Å². The third-order valence-corrected chi connectivity index (χ3v) is 14.4. The number of ether oxygens (including phenoxy) is 3. The molecule has 5 aliphatic rings. The van der Waals surface area contributed by atoms with Gasteiger partial charge < -0.3 is 39.1 Å². The van der Waals surface area contributed by atoms with E-state index in [1.807, 2.05) is 12.3 Å². The zero-order valence-corrected chi connectivity index (χ0v) is 35.9. The lowest BCUT2D eigenvalue weighted by atomic mass is 9.53. The Morgan fingerprint density at radius 1 is 0.922 bits per heavy atom. The van der Waals surface area contributed by atoms with Crippen LogP contribution in [0.5, 0.6) is 5.75 Å². The van der Waals surface area contributed by atoms with Crippen molar-refractivity contribution in [2.24, 2.45) is 17.3 Å². The van der Waals surface area contributed by atoms with Crippen molar-refractivity contribution in [2.75, 3.05) is 39.6 Å². The van der Waals surface area contributed by atoms with E-state index in [0.29, 0.717) is 122 Å². The predicted molar refractivity (Wildman–Crippen MR) is 235 cm³/mol. The lowest BCUT2D eigenvalue weighted by Crippen LogP contribution is -2.49. The maximum atomic E-state index is 14.0. The highest BCUT2D eigenvalue weighted by atomic mass is 19.1. The minimum absolute atomic E-state index is 0.0216. The van der Waals surface area contributed by atoms with Crippen LogP contribution in [-0.2, 0) is 32.8 Å². The van der Waals surface area contributed by atoms with E-state index in [0.717, 1.165) is 37.7 Å². The zero-order valence-electron chi connectivity index (χ0n) is 35.9. The minimum atomic E-state index is -1.18. The summed E-state index contributed by atoms with van der Waals surface area (Å²) in [7, 11) is 0. The van der Waals surface area contributed by atoms with Gasteiger partial charge in [-0.2, -0.15) is 0 Å². The van der Waals surface area contributed by atoms with Crippen molar-refractivity contribution in [1.29, 1.82) is 0 Å². The van der Waals surface area contributed by atoms with Crippen LogP contribution >= 0.6 is 0 Å². The Balaban J connectivity index is 0.686. The van der Waals surface area contributed by atoms with Gasteiger partial charge in [0.25, 0.3) is 0 Å². The molecule has 6 atom stereocenters. The molecule has 0 amide bonds. The fraction of sp³-hybridized carbons (Fsp3) is 0.440. The third-order valence-electron chi connectivity index (χ3n) is 14.4. The number of hydrogen-bond acceptors (Lipinski definition) is 11. The van der Waals surface area contributed by atoms with E-state index in [-0.39, 0.29) is 33.7 Å². The summed E-state index contributed by atoms with van der Waals surface area (Å²) in [6.07, 6.45) is 7.18. The number of aromatic nitrogens is 3. The van der Waals surface area contributed by atoms with Crippen LogP contribution in [0.4, 0.5) is 4.39 Å². The van der Waals surface area contributed by atoms with E-state index >= 15 is 0 Å². The summed E-state index contributed by atoms with van der Waals surface area (Å²) in [5.41, 5.74) is 3.63. The molecule has 336 valence electrons. The van der Waals surface area contributed by atoms with Gasteiger partial charge in [-0.15, -0.1) is 5.10 Å². The summed E-state index contributed by atoms with van der Waals surface area (Å²) in [5.74, 6) is 0.124. The molecule has 0 spiro atoms. The molecule has 1 aliphatic heterocycles. The number of aliphatic hydroxyl groups excluding tert-OH is 1. The van der Waals surface area contributed by atoms with Crippen molar-refractivity contribution in [3.05, 3.63) is 123 Å². The highest BCUT2D eigenvalue weighted by Gasteiger charge is 2.63. The number of carbonyl (C=O) groups is 1. The van der Waals surface area contributed by atoms with Gasteiger partial charge in [0.2, 0.25) is 0 Å². The molecule has 64 heavy (non-hydrogen) atoms. The first-order chi connectivity index (χ1) is 30.9. The highest BCUT2D eigenvalue weighted by molar-refractivity contribution is 6.07. The van der Waals surface area contributed by atoms with Gasteiger partial charge in [0.1, 0.15) is 34.2 Å². The summed E-state index contributed by atoms with van der Waals surface area (Å²) >= 11 is 0. The van der Waals surface area contributed by atoms with Gasteiger partial charge in [-0.1, -0.05) is 30.3 Å². The van der Waals surface area contributed by atoms with Gasteiger partial charge in [0.05, 0.1) is 57.4 Å². The molecule has 2 saturated carbocycles. The molecule has 9 rings (SSSR count). The SMILES string of the molecule is C[C@]12CCC3c4ccc(F)cc4CCC3C1CCC2(O)c1cn(CCOCCOCCOCCCC(O)c2ccc(-c3c4ccc(=O)cc-4oc4cc(O)ccc34)c(C(=O)O)c2)nn1. The number of rotatable bonds is 17. The van der Waals surface area contributed by atoms with Crippen LogP contribution in [0.3, 0.4) is 0 Å². The Morgan fingerprint density at radius 2 is 1.70 bits per heavy atom. The second kappa shape index (κ2) is 18.2. The molecular weight excluding hydrogens is 822 g/mol. The number of aromatic hydroxyl groups is 1. The summed E-state index contributed by atoms with van der Waals surface area (Å²) in [6.45, 7) is 5.04. The maximum absolute atomic E-state index is 14.0. The monoisotopic (exact) mass is 875 g/mol.